The van der Waals surface area contributed by atoms with Gasteiger partial charge in [0.2, 0.25) is 5.91 Å². The van der Waals surface area contributed by atoms with Crippen molar-refractivity contribution in [2.75, 3.05) is 33.3 Å². The molecule has 0 atom stereocenters. The van der Waals surface area contributed by atoms with Gasteiger partial charge in [0.25, 0.3) is 0 Å². The van der Waals surface area contributed by atoms with E-state index in [0.29, 0.717) is 5.91 Å². The normalized spacial score (nSPS) is 18.8. The van der Waals surface area contributed by atoms with Crippen molar-refractivity contribution in [1.82, 2.24) is 9.80 Å². The van der Waals surface area contributed by atoms with Crippen molar-refractivity contribution in [3.05, 3.63) is 47.5 Å². The van der Waals surface area contributed by atoms with Crippen LogP contribution < -0.4 is 9.47 Å². The number of amides is 1. The molecule has 0 unspecified atom stereocenters. The Bertz CT molecular complexity index is 1030. The summed E-state index contributed by atoms with van der Waals surface area (Å²) in [6.45, 7) is 5.06. The van der Waals surface area contributed by atoms with Gasteiger partial charge in [-0.1, -0.05) is 25.3 Å². The molecule has 6 heteroatoms. The zero-order chi connectivity index (χ0) is 22.1. The van der Waals surface area contributed by atoms with Crippen molar-refractivity contribution in [3.8, 4) is 17.2 Å². The highest BCUT2D eigenvalue weighted by Crippen LogP contribution is 2.40. The molecule has 0 N–H and O–H groups in total. The molecule has 0 radical (unpaired) electrons. The molecule has 2 fully saturated rings. The number of amidine groups is 1. The van der Waals surface area contributed by atoms with Crippen LogP contribution in [0.4, 0.5) is 5.69 Å². The Morgan fingerprint density at radius 3 is 2.53 bits per heavy atom. The highest BCUT2D eigenvalue weighted by Gasteiger charge is 2.31. The van der Waals surface area contributed by atoms with Crippen molar-refractivity contribution in [1.29, 1.82) is 0 Å². The van der Waals surface area contributed by atoms with Crippen LogP contribution in [0.1, 0.15) is 43.2 Å². The summed E-state index contributed by atoms with van der Waals surface area (Å²) in [6.07, 6.45) is 5.74. The van der Waals surface area contributed by atoms with E-state index in [1.165, 1.54) is 19.3 Å². The predicted molar refractivity (Wildman–Crippen MR) is 125 cm³/mol. The molecule has 2 heterocycles. The first-order valence-corrected chi connectivity index (χ1v) is 11.7. The topological polar surface area (TPSA) is 54.4 Å². The molecule has 1 saturated heterocycles. The second-order valence-corrected chi connectivity index (χ2v) is 9.02. The van der Waals surface area contributed by atoms with Crippen LogP contribution >= 0.6 is 0 Å². The van der Waals surface area contributed by atoms with Gasteiger partial charge in [-0.05, 0) is 49.6 Å². The largest absolute Gasteiger partial charge is 0.497 e. The predicted octanol–water partition coefficient (Wildman–Crippen LogP) is 4.91. The number of rotatable bonds is 2. The number of hydrogen-bond acceptors (Lipinski definition) is 5. The minimum absolute atomic E-state index is 0.224. The summed E-state index contributed by atoms with van der Waals surface area (Å²) >= 11 is 0. The molecule has 0 spiro atoms. The van der Waals surface area contributed by atoms with Gasteiger partial charge >= 0.3 is 0 Å². The van der Waals surface area contributed by atoms with Crippen LogP contribution in [0.2, 0.25) is 0 Å². The number of nitrogens with zero attached hydrogens (tertiary/aromatic N) is 3. The van der Waals surface area contributed by atoms with Gasteiger partial charge in [0.15, 0.2) is 5.75 Å². The Kier molecular flexibility index (Phi) is 5.77. The van der Waals surface area contributed by atoms with Crippen molar-refractivity contribution >= 4 is 17.4 Å². The average Bonchev–Trinajstić information content (AvgIpc) is 3.00. The maximum Gasteiger partial charge on any atom is 0.225 e. The second kappa shape index (κ2) is 8.85. The van der Waals surface area contributed by atoms with E-state index < -0.39 is 0 Å². The van der Waals surface area contributed by atoms with Gasteiger partial charge in [-0.15, -0.1) is 0 Å². The molecular weight excluding hydrogens is 402 g/mol. The quantitative estimate of drug-likeness (QED) is 0.675. The molecule has 2 aromatic carbocycles. The van der Waals surface area contributed by atoms with Crippen molar-refractivity contribution in [2.24, 2.45) is 10.9 Å². The number of aryl methyl sites for hydroxylation is 1. The van der Waals surface area contributed by atoms with Crippen LogP contribution in [-0.2, 0) is 4.79 Å². The molecule has 2 aliphatic heterocycles. The molecule has 32 heavy (non-hydrogen) atoms. The Balaban J connectivity index is 1.41. The van der Waals surface area contributed by atoms with E-state index in [-0.39, 0.29) is 5.92 Å². The van der Waals surface area contributed by atoms with E-state index in [9.17, 15) is 4.79 Å². The molecule has 5 rings (SSSR count). The summed E-state index contributed by atoms with van der Waals surface area (Å²) in [6, 6.07) is 12.0. The van der Waals surface area contributed by atoms with Crippen LogP contribution in [0.5, 0.6) is 17.2 Å². The van der Waals surface area contributed by atoms with E-state index in [2.05, 4.69) is 15.9 Å². The highest BCUT2D eigenvalue weighted by atomic mass is 16.5. The summed E-state index contributed by atoms with van der Waals surface area (Å²) < 4.78 is 11.7. The molecular formula is C26H31N3O3. The van der Waals surface area contributed by atoms with Crippen molar-refractivity contribution in [3.63, 3.8) is 0 Å². The first-order valence-electron chi connectivity index (χ1n) is 11.7. The number of methoxy groups -OCH3 is 1. The molecule has 2 aromatic rings. The molecule has 0 aromatic heterocycles. The van der Waals surface area contributed by atoms with Gasteiger partial charge in [-0.25, -0.2) is 4.99 Å². The summed E-state index contributed by atoms with van der Waals surface area (Å²) in [5.74, 6) is 3.72. The van der Waals surface area contributed by atoms with Gasteiger partial charge in [-0.2, -0.15) is 0 Å². The number of piperazine rings is 1. The zero-order valence-electron chi connectivity index (χ0n) is 19.0. The van der Waals surface area contributed by atoms with E-state index in [1.807, 2.05) is 37.3 Å². The Labute approximate surface area is 189 Å². The minimum Gasteiger partial charge on any atom is -0.497 e. The number of benzene rings is 2. The zero-order valence-corrected chi connectivity index (χ0v) is 19.0. The minimum atomic E-state index is 0.224. The maximum absolute atomic E-state index is 13.0. The fourth-order valence-corrected chi connectivity index (χ4v) is 4.97. The fraction of sp³-hybridized carbons (Fsp3) is 0.462. The second-order valence-electron chi connectivity index (χ2n) is 9.02. The third-order valence-corrected chi connectivity index (χ3v) is 6.84. The monoisotopic (exact) mass is 433 g/mol. The average molecular weight is 434 g/mol. The third kappa shape index (κ3) is 4.06. The molecule has 1 aliphatic carbocycles. The van der Waals surface area contributed by atoms with Gasteiger partial charge < -0.3 is 19.3 Å². The summed E-state index contributed by atoms with van der Waals surface area (Å²) in [4.78, 5) is 22.4. The maximum atomic E-state index is 13.0. The van der Waals surface area contributed by atoms with Crippen molar-refractivity contribution < 1.29 is 14.3 Å². The summed E-state index contributed by atoms with van der Waals surface area (Å²) in [7, 11) is 1.66. The number of fused-ring (bicyclic) bond motifs is 2. The lowest BCUT2D eigenvalue weighted by Gasteiger charge is -2.38. The standard InChI is InChI=1S/C26H31N3O3/c1-18-8-11-22-24(16-18)32-23-17-20(31-2)9-10-21(23)25(27-22)28-12-14-29(15-13-28)26(30)19-6-4-3-5-7-19/h8-11,16-17,19H,3-7,12-15H2,1-2H3. The number of carbonyl (C=O) groups is 1. The molecule has 6 nitrogen and oxygen atoms in total. The fourth-order valence-electron chi connectivity index (χ4n) is 4.97. The van der Waals surface area contributed by atoms with E-state index in [1.54, 1.807) is 7.11 Å². The molecule has 1 amide bonds. The van der Waals surface area contributed by atoms with Crippen LogP contribution in [0, 0.1) is 12.8 Å². The first-order chi connectivity index (χ1) is 15.6. The molecule has 1 saturated carbocycles. The van der Waals surface area contributed by atoms with E-state index in [4.69, 9.17) is 14.5 Å². The van der Waals surface area contributed by atoms with Gasteiger partial charge in [0.1, 0.15) is 23.0 Å². The van der Waals surface area contributed by atoms with Crippen LogP contribution in [0.25, 0.3) is 0 Å². The molecule has 0 bridgehead atoms. The Morgan fingerprint density at radius 2 is 1.78 bits per heavy atom. The van der Waals surface area contributed by atoms with Gasteiger partial charge in [0, 0.05) is 38.2 Å². The number of ether oxygens (including phenoxy) is 2. The summed E-state index contributed by atoms with van der Waals surface area (Å²) in [5.41, 5.74) is 2.90. The van der Waals surface area contributed by atoms with Crippen LogP contribution in [-0.4, -0.2) is 54.8 Å². The Morgan fingerprint density at radius 1 is 1.00 bits per heavy atom. The SMILES string of the molecule is COc1ccc2c(c1)Oc1cc(C)ccc1N=C2N1CCN(C(=O)C2CCCCC2)CC1. The molecule has 3 aliphatic rings. The van der Waals surface area contributed by atoms with Crippen LogP contribution in [0.15, 0.2) is 41.4 Å². The highest BCUT2D eigenvalue weighted by molar-refractivity contribution is 6.04. The number of aliphatic imine (C=N–C) groups is 1. The Hall–Kier alpha value is -3.02. The lowest BCUT2D eigenvalue weighted by Crippen LogP contribution is -2.52. The van der Waals surface area contributed by atoms with Gasteiger partial charge in [0.05, 0.1) is 12.7 Å². The lowest BCUT2D eigenvalue weighted by molar-refractivity contribution is -0.137. The summed E-state index contributed by atoms with van der Waals surface area (Å²) in [5, 5.41) is 0. The first kappa shape index (κ1) is 20.9. The smallest absolute Gasteiger partial charge is 0.225 e. The van der Waals surface area contributed by atoms with E-state index >= 15 is 0 Å². The lowest BCUT2D eigenvalue weighted by atomic mass is 9.88. The van der Waals surface area contributed by atoms with Crippen molar-refractivity contribution in [2.45, 2.75) is 39.0 Å². The number of hydrogen-bond donors (Lipinski definition) is 0. The van der Waals surface area contributed by atoms with Gasteiger partial charge in [-0.3, -0.25) is 4.79 Å². The van der Waals surface area contributed by atoms with E-state index in [0.717, 1.165) is 78.9 Å². The molecule has 168 valence electrons. The van der Waals surface area contributed by atoms with Crippen LogP contribution in [0.3, 0.4) is 0 Å². The third-order valence-electron chi connectivity index (χ3n) is 6.84. The number of carbonyl (C=O) groups excluding carboxylic acids is 1.